The maximum Gasteiger partial charge on any atom is 0.338 e. The molecule has 1 atom stereocenters. The minimum absolute atomic E-state index is 0.0413. The van der Waals surface area contributed by atoms with Crippen LogP contribution in [0.25, 0.3) is 22.3 Å². The van der Waals surface area contributed by atoms with Crippen molar-refractivity contribution in [1.29, 1.82) is 0 Å². The van der Waals surface area contributed by atoms with Crippen LogP contribution in [0.3, 0.4) is 0 Å². The molecule has 1 unspecified atom stereocenters. The molecule has 1 aliphatic rings. The van der Waals surface area contributed by atoms with Gasteiger partial charge >= 0.3 is 5.97 Å². The zero-order valence-corrected chi connectivity index (χ0v) is 18.3. The predicted molar refractivity (Wildman–Crippen MR) is 125 cm³/mol. The Labute approximate surface area is 190 Å². The van der Waals surface area contributed by atoms with E-state index in [0.717, 1.165) is 27.9 Å². The van der Waals surface area contributed by atoms with E-state index in [1.54, 1.807) is 28.8 Å². The predicted octanol–water partition coefficient (Wildman–Crippen LogP) is 5.47. The number of pyridine rings is 2. The molecule has 0 amide bonds. The molecule has 0 bridgehead atoms. The van der Waals surface area contributed by atoms with Crippen LogP contribution in [-0.4, -0.2) is 15.5 Å². The Bertz CT molecular complexity index is 1400. The standard InChI is InChI=1S/C26H21ClN2O3/c1-2-23(32-26(31)16-8-4-3-5-9-16)19-13-22-24-18(15-29(22)25(30)20(19)14-27)12-17-10-6-7-11-21(17)28-24/h3-13,23H,2,14-15H2,1H3. The lowest BCUT2D eigenvalue weighted by molar-refractivity contribution is 0.0286. The zero-order valence-electron chi connectivity index (χ0n) is 17.5. The lowest BCUT2D eigenvalue weighted by Gasteiger charge is -2.20. The normalized spacial score (nSPS) is 12.9. The molecule has 4 aromatic rings. The summed E-state index contributed by atoms with van der Waals surface area (Å²) in [6.45, 7) is 2.37. The van der Waals surface area contributed by atoms with E-state index >= 15 is 0 Å². The number of esters is 1. The zero-order chi connectivity index (χ0) is 22.2. The van der Waals surface area contributed by atoms with Gasteiger partial charge in [0.2, 0.25) is 0 Å². The fourth-order valence-corrected chi connectivity index (χ4v) is 4.56. The van der Waals surface area contributed by atoms with Crippen molar-refractivity contribution < 1.29 is 9.53 Å². The molecule has 1 aliphatic heterocycles. The van der Waals surface area contributed by atoms with Gasteiger partial charge in [-0.15, -0.1) is 11.6 Å². The van der Waals surface area contributed by atoms with E-state index in [0.29, 0.717) is 29.7 Å². The van der Waals surface area contributed by atoms with Gasteiger partial charge in [0.1, 0.15) is 6.10 Å². The smallest absolute Gasteiger partial charge is 0.338 e. The Balaban J connectivity index is 1.61. The van der Waals surface area contributed by atoms with Crippen LogP contribution in [0.15, 0.2) is 71.5 Å². The van der Waals surface area contributed by atoms with Crippen LogP contribution in [0.4, 0.5) is 0 Å². The lowest BCUT2D eigenvalue weighted by Crippen LogP contribution is -2.26. The first kappa shape index (κ1) is 20.5. The molecule has 0 radical (unpaired) electrons. The molecule has 32 heavy (non-hydrogen) atoms. The van der Waals surface area contributed by atoms with E-state index in [1.807, 2.05) is 43.3 Å². The molecular formula is C26H21ClN2O3. The number of hydrogen-bond donors (Lipinski definition) is 0. The van der Waals surface area contributed by atoms with Gasteiger partial charge in [-0.1, -0.05) is 43.3 Å². The van der Waals surface area contributed by atoms with Crippen molar-refractivity contribution in [2.75, 3.05) is 0 Å². The third-order valence-electron chi connectivity index (χ3n) is 5.92. The number of halogens is 1. The number of fused-ring (bicyclic) bond motifs is 4. The fourth-order valence-electron chi connectivity index (χ4n) is 4.29. The summed E-state index contributed by atoms with van der Waals surface area (Å²) in [6.07, 6.45) is -0.0665. The summed E-state index contributed by atoms with van der Waals surface area (Å²) in [5, 5.41) is 1.04. The minimum Gasteiger partial charge on any atom is -0.454 e. The summed E-state index contributed by atoms with van der Waals surface area (Å²) in [4.78, 5) is 30.9. The maximum atomic E-state index is 13.4. The molecule has 0 spiro atoms. The van der Waals surface area contributed by atoms with Gasteiger partial charge in [-0.2, -0.15) is 0 Å². The SMILES string of the molecule is CCC(OC(=O)c1ccccc1)c1cc2n(c(=O)c1CCl)Cc1cc3ccccc3nc1-2. The Kier molecular flexibility index (Phi) is 5.27. The third kappa shape index (κ3) is 3.39. The van der Waals surface area contributed by atoms with Gasteiger partial charge in [-0.25, -0.2) is 9.78 Å². The highest BCUT2D eigenvalue weighted by molar-refractivity contribution is 6.17. The first-order valence-electron chi connectivity index (χ1n) is 10.6. The van der Waals surface area contributed by atoms with Crippen molar-refractivity contribution in [3.63, 3.8) is 0 Å². The summed E-state index contributed by atoms with van der Waals surface area (Å²) in [5.74, 6) is -0.386. The molecule has 2 aromatic carbocycles. The van der Waals surface area contributed by atoms with Crippen LogP contribution >= 0.6 is 11.6 Å². The van der Waals surface area contributed by atoms with Crippen LogP contribution in [0, 0.1) is 0 Å². The minimum atomic E-state index is -0.584. The Hall–Kier alpha value is -3.44. The van der Waals surface area contributed by atoms with Crippen LogP contribution in [-0.2, 0) is 17.2 Å². The molecular weight excluding hydrogens is 424 g/mol. The van der Waals surface area contributed by atoms with E-state index in [4.69, 9.17) is 21.3 Å². The lowest BCUT2D eigenvalue weighted by atomic mass is 10.0. The average molecular weight is 445 g/mol. The van der Waals surface area contributed by atoms with Gasteiger partial charge in [0.15, 0.2) is 0 Å². The van der Waals surface area contributed by atoms with E-state index in [1.165, 1.54) is 0 Å². The first-order valence-corrected chi connectivity index (χ1v) is 11.1. The van der Waals surface area contributed by atoms with E-state index in [9.17, 15) is 9.59 Å². The van der Waals surface area contributed by atoms with Crippen LogP contribution in [0.2, 0.25) is 0 Å². The molecule has 2 aromatic heterocycles. The second-order valence-electron chi connectivity index (χ2n) is 7.85. The number of carbonyl (C=O) groups is 1. The molecule has 0 aliphatic carbocycles. The third-order valence-corrected chi connectivity index (χ3v) is 6.19. The average Bonchev–Trinajstić information content (AvgIpc) is 3.19. The van der Waals surface area contributed by atoms with Gasteiger partial charge in [-0.05, 0) is 36.8 Å². The highest BCUT2D eigenvalue weighted by Gasteiger charge is 2.28. The van der Waals surface area contributed by atoms with Crippen molar-refractivity contribution in [2.24, 2.45) is 0 Å². The monoisotopic (exact) mass is 444 g/mol. The van der Waals surface area contributed by atoms with Crippen molar-refractivity contribution in [3.8, 4) is 11.4 Å². The van der Waals surface area contributed by atoms with Gasteiger partial charge in [-0.3, -0.25) is 4.79 Å². The molecule has 6 heteroatoms. The second-order valence-corrected chi connectivity index (χ2v) is 8.11. The molecule has 160 valence electrons. The molecule has 5 nitrogen and oxygen atoms in total. The number of carbonyl (C=O) groups excluding carboxylic acids is 1. The van der Waals surface area contributed by atoms with Gasteiger partial charge in [0.25, 0.3) is 5.56 Å². The van der Waals surface area contributed by atoms with Gasteiger partial charge in [0.05, 0.1) is 34.9 Å². The van der Waals surface area contributed by atoms with Crippen LogP contribution < -0.4 is 5.56 Å². The molecule has 0 saturated heterocycles. The Morgan fingerprint density at radius 3 is 2.62 bits per heavy atom. The molecule has 5 rings (SSSR count). The molecule has 0 saturated carbocycles. The largest absolute Gasteiger partial charge is 0.454 e. The van der Waals surface area contributed by atoms with Crippen molar-refractivity contribution in [1.82, 2.24) is 9.55 Å². The quantitative estimate of drug-likeness (QED) is 0.266. The molecule has 3 heterocycles. The van der Waals surface area contributed by atoms with Crippen LogP contribution in [0.5, 0.6) is 0 Å². The number of hydrogen-bond acceptors (Lipinski definition) is 4. The highest BCUT2D eigenvalue weighted by atomic mass is 35.5. The summed E-state index contributed by atoms with van der Waals surface area (Å²) >= 11 is 6.22. The van der Waals surface area contributed by atoms with Crippen LogP contribution in [0.1, 0.15) is 46.5 Å². The number of benzene rings is 2. The molecule has 0 N–H and O–H groups in total. The van der Waals surface area contributed by atoms with E-state index in [2.05, 4.69) is 6.07 Å². The van der Waals surface area contributed by atoms with Crippen molar-refractivity contribution >= 4 is 28.5 Å². The number of para-hydroxylation sites is 1. The summed E-state index contributed by atoms with van der Waals surface area (Å²) in [7, 11) is 0. The second kappa shape index (κ2) is 8.24. The number of aromatic nitrogens is 2. The topological polar surface area (TPSA) is 61.2 Å². The van der Waals surface area contributed by atoms with Gasteiger partial charge < -0.3 is 9.30 Å². The summed E-state index contributed by atoms with van der Waals surface area (Å²) in [6, 6.07) is 20.7. The van der Waals surface area contributed by atoms with E-state index in [-0.39, 0.29) is 11.4 Å². The Morgan fingerprint density at radius 2 is 1.88 bits per heavy atom. The van der Waals surface area contributed by atoms with Crippen molar-refractivity contribution in [2.45, 2.75) is 31.9 Å². The number of ether oxygens (including phenoxy) is 1. The van der Waals surface area contributed by atoms with Crippen molar-refractivity contribution in [3.05, 3.63) is 99.3 Å². The number of alkyl halides is 1. The Morgan fingerprint density at radius 1 is 1.12 bits per heavy atom. The van der Waals surface area contributed by atoms with E-state index < -0.39 is 12.1 Å². The summed E-state index contributed by atoms with van der Waals surface area (Å²) in [5.41, 5.74) is 4.79. The number of nitrogens with zero attached hydrogens (tertiary/aromatic N) is 2. The first-order chi connectivity index (χ1) is 15.6. The molecule has 0 fully saturated rings. The van der Waals surface area contributed by atoms with Gasteiger partial charge in [0, 0.05) is 22.1 Å². The highest BCUT2D eigenvalue weighted by Crippen LogP contribution is 2.35. The maximum absolute atomic E-state index is 13.4. The summed E-state index contributed by atoms with van der Waals surface area (Å²) < 4.78 is 7.53. The number of rotatable bonds is 5. The fraction of sp³-hybridized carbons (Fsp3) is 0.192.